The molecule has 1 aliphatic rings. The molecule has 1 unspecified atom stereocenters. The van der Waals surface area contributed by atoms with Gasteiger partial charge in [-0.15, -0.1) is 0 Å². The SMILES string of the molecule is CCCCOCC(O)CN1CCN(c2nc(C)nc(C)c2Cc2cc(C)ccc2C)CC1. The Labute approximate surface area is 193 Å². The van der Waals surface area contributed by atoms with Crippen molar-refractivity contribution in [1.29, 1.82) is 0 Å². The van der Waals surface area contributed by atoms with E-state index in [1.807, 2.05) is 6.92 Å². The number of hydrogen-bond acceptors (Lipinski definition) is 6. The Bertz CT molecular complexity index is 878. The number of benzene rings is 1. The first-order chi connectivity index (χ1) is 15.4. The summed E-state index contributed by atoms with van der Waals surface area (Å²) in [7, 11) is 0. The smallest absolute Gasteiger partial charge is 0.136 e. The van der Waals surface area contributed by atoms with Gasteiger partial charge in [-0.1, -0.05) is 37.1 Å². The third-order valence-electron chi connectivity index (χ3n) is 6.27. The summed E-state index contributed by atoms with van der Waals surface area (Å²) >= 11 is 0. The van der Waals surface area contributed by atoms with Crippen LogP contribution < -0.4 is 4.90 Å². The lowest BCUT2D eigenvalue weighted by atomic mass is 9.97. The van der Waals surface area contributed by atoms with Crippen molar-refractivity contribution < 1.29 is 9.84 Å². The Balaban J connectivity index is 1.65. The van der Waals surface area contributed by atoms with Crippen molar-refractivity contribution in [3.05, 3.63) is 52.0 Å². The van der Waals surface area contributed by atoms with Gasteiger partial charge >= 0.3 is 0 Å². The number of rotatable bonds is 10. The van der Waals surface area contributed by atoms with E-state index in [4.69, 9.17) is 9.72 Å². The molecule has 3 rings (SSSR count). The highest BCUT2D eigenvalue weighted by molar-refractivity contribution is 5.52. The quantitative estimate of drug-likeness (QED) is 0.570. The van der Waals surface area contributed by atoms with Crippen molar-refractivity contribution in [2.24, 2.45) is 0 Å². The first-order valence-corrected chi connectivity index (χ1v) is 12.0. The molecule has 0 spiro atoms. The summed E-state index contributed by atoms with van der Waals surface area (Å²) in [6.07, 6.45) is 2.59. The van der Waals surface area contributed by atoms with E-state index in [2.05, 4.69) is 60.7 Å². The Morgan fingerprint density at radius 1 is 1.06 bits per heavy atom. The van der Waals surface area contributed by atoms with Gasteiger partial charge in [-0.2, -0.15) is 0 Å². The van der Waals surface area contributed by atoms with Crippen LogP contribution >= 0.6 is 0 Å². The molecule has 6 heteroatoms. The summed E-state index contributed by atoms with van der Waals surface area (Å²) in [5, 5.41) is 10.3. The first kappa shape index (κ1) is 24.6. The van der Waals surface area contributed by atoms with Crippen LogP contribution in [0.2, 0.25) is 0 Å². The number of aliphatic hydroxyl groups excluding tert-OH is 1. The molecular formula is C26H40N4O2. The van der Waals surface area contributed by atoms with Crippen LogP contribution in [-0.2, 0) is 11.2 Å². The highest BCUT2D eigenvalue weighted by Crippen LogP contribution is 2.26. The molecule has 2 heterocycles. The van der Waals surface area contributed by atoms with E-state index in [-0.39, 0.29) is 0 Å². The van der Waals surface area contributed by atoms with Gasteiger partial charge in [0, 0.05) is 57.0 Å². The van der Waals surface area contributed by atoms with E-state index in [9.17, 15) is 5.11 Å². The summed E-state index contributed by atoms with van der Waals surface area (Å²) in [4.78, 5) is 14.3. The minimum absolute atomic E-state index is 0.421. The molecule has 2 aromatic rings. The van der Waals surface area contributed by atoms with Crippen LogP contribution in [0, 0.1) is 27.7 Å². The van der Waals surface area contributed by atoms with E-state index in [0.29, 0.717) is 13.2 Å². The minimum Gasteiger partial charge on any atom is -0.389 e. The van der Waals surface area contributed by atoms with Crippen LogP contribution in [0.1, 0.15) is 53.5 Å². The molecular weight excluding hydrogens is 400 g/mol. The fraction of sp³-hybridized carbons (Fsp3) is 0.615. The molecule has 1 atom stereocenters. The predicted octanol–water partition coefficient (Wildman–Crippen LogP) is 3.60. The summed E-state index contributed by atoms with van der Waals surface area (Å²) in [5.41, 5.74) is 6.22. The number of aromatic nitrogens is 2. The molecule has 0 aliphatic carbocycles. The second-order valence-corrected chi connectivity index (χ2v) is 9.14. The van der Waals surface area contributed by atoms with E-state index in [0.717, 1.165) is 69.4 Å². The monoisotopic (exact) mass is 440 g/mol. The molecule has 1 saturated heterocycles. The average molecular weight is 441 g/mol. The number of anilines is 1. The Morgan fingerprint density at radius 3 is 2.53 bits per heavy atom. The van der Waals surface area contributed by atoms with Crippen LogP contribution in [0.5, 0.6) is 0 Å². The number of aryl methyl sites for hydroxylation is 4. The maximum absolute atomic E-state index is 10.3. The summed E-state index contributed by atoms with van der Waals surface area (Å²) < 4.78 is 5.58. The molecule has 1 aliphatic heterocycles. The van der Waals surface area contributed by atoms with Crippen molar-refractivity contribution in [1.82, 2.24) is 14.9 Å². The molecule has 1 aromatic heterocycles. The Kier molecular flexibility index (Phi) is 9.02. The molecule has 176 valence electrons. The number of β-amino-alcohol motifs (C(OH)–C–C–N with tert-alkyl or cyclic N) is 1. The third-order valence-corrected chi connectivity index (χ3v) is 6.27. The van der Waals surface area contributed by atoms with Gasteiger partial charge in [0.15, 0.2) is 0 Å². The highest BCUT2D eigenvalue weighted by Gasteiger charge is 2.24. The van der Waals surface area contributed by atoms with Crippen molar-refractivity contribution in [3.8, 4) is 0 Å². The van der Waals surface area contributed by atoms with E-state index in [1.54, 1.807) is 0 Å². The number of aliphatic hydroxyl groups is 1. The molecule has 1 aromatic carbocycles. The topological polar surface area (TPSA) is 61.7 Å². The van der Waals surface area contributed by atoms with Gasteiger partial charge in [-0.25, -0.2) is 9.97 Å². The van der Waals surface area contributed by atoms with Gasteiger partial charge in [0.2, 0.25) is 0 Å². The number of unbranched alkanes of at least 4 members (excludes halogenated alkanes) is 1. The van der Waals surface area contributed by atoms with Gasteiger partial charge in [0.05, 0.1) is 12.7 Å². The fourth-order valence-electron chi connectivity index (χ4n) is 4.33. The zero-order chi connectivity index (χ0) is 23.1. The van der Waals surface area contributed by atoms with Gasteiger partial charge in [-0.05, 0) is 45.2 Å². The summed E-state index contributed by atoms with van der Waals surface area (Å²) in [6.45, 7) is 16.0. The van der Waals surface area contributed by atoms with Gasteiger partial charge in [0.25, 0.3) is 0 Å². The molecule has 0 saturated carbocycles. The molecule has 0 bridgehead atoms. The van der Waals surface area contributed by atoms with Gasteiger partial charge < -0.3 is 14.7 Å². The Hall–Kier alpha value is -2.02. The fourth-order valence-corrected chi connectivity index (χ4v) is 4.33. The van der Waals surface area contributed by atoms with Crippen molar-refractivity contribution >= 4 is 5.82 Å². The van der Waals surface area contributed by atoms with Crippen LogP contribution in [-0.4, -0.2) is 72.0 Å². The largest absolute Gasteiger partial charge is 0.389 e. The van der Waals surface area contributed by atoms with Gasteiger partial charge in [-0.3, -0.25) is 4.90 Å². The maximum atomic E-state index is 10.3. The number of piperazine rings is 1. The lowest BCUT2D eigenvalue weighted by Crippen LogP contribution is -2.49. The molecule has 1 fully saturated rings. The van der Waals surface area contributed by atoms with Crippen LogP contribution in [0.3, 0.4) is 0 Å². The van der Waals surface area contributed by atoms with E-state index < -0.39 is 6.10 Å². The molecule has 0 amide bonds. The van der Waals surface area contributed by atoms with Crippen molar-refractivity contribution in [3.63, 3.8) is 0 Å². The predicted molar refractivity (Wildman–Crippen MR) is 131 cm³/mol. The summed E-state index contributed by atoms with van der Waals surface area (Å²) in [6, 6.07) is 6.64. The van der Waals surface area contributed by atoms with Crippen molar-refractivity contribution in [2.75, 3.05) is 50.8 Å². The average Bonchev–Trinajstić information content (AvgIpc) is 2.76. The standard InChI is InChI=1S/C26H40N4O2/c1-6-7-14-32-18-24(31)17-29-10-12-30(13-11-29)26-25(21(4)27-22(5)28-26)16-23-15-19(2)8-9-20(23)3/h8-9,15,24,31H,6-7,10-14,16-18H2,1-5H3. The summed E-state index contributed by atoms with van der Waals surface area (Å²) in [5.74, 6) is 1.89. The van der Waals surface area contributed by atoms with Gasteiger partial charge in [0.1, 0.15) is 11.6 Å². The molecule has 0 radical (unpaired) electrons. The number of nitrogens with zero attached hydrogens (tertiary/aromatic N) is 4. The highest BCUT2D eigenvalue weighted by atomic mass is 16.5. The Morgan fingerprint density at radius 2 is 1.81 bits per heavy atom. The van der Waals surface area contributed by atoms with E-state index in [1.165, 1.54) is 22.3 Å². The zero-order valence-electron chi connectivity index (χ0n) is 20.5. The third kappa shape index (κ3) is 6.74. The van der Waals surface area contributed by atoms with Crippen LogP contribution in [0.4, 0.5) is 5.82 Å². The lowest BCUT2D eigenvalue weighted by molar-refractivity contribution is 0.0150. The minimum atomic E-state index is -0.429. The van der Waals surface area contributed by atoms with Crippen LogP contribution in [0.15, 0.2) is 18.2 Å². The molecule has 32 heavy (non-hydrogen) atoms. The first-order valence-electron chi connectivity index (χ1n) is 12.0. The number of ether oxygens (including phenoxy) is 1. The van der Waals surface area contributed by atoms with E-state index >= 15 is 0 Å². The normalized spacial score (nSPS) is 15.9. The van der Waals surface area contributed by atoms with Crippen molar-refractivity contribution in [2.45, 2.75) is 60.0 Å². The molecule has 1 N–H and O–H groups in total. The van der Waals surface area contributed by atoms with Crippen LogP contribution in [0.25, 0.3) is 0 Å². The zero-order valence-corrected chi connectivity index (χ0v) is 20.5. The number of hydrogen-bond donors (Lipinski definition) is 1. The second-order valence-electron chi connectivity index (χ2n) is 9.14. The lowest BCUT2D eigenvalue weighted by Gasteiger charge is -2.37. The molecule has 6 nitrogen and oxygen atoms in total. The second kappa shape index (κ2) is 11.7. The maximum Gasteiger partial charge on any atom is 0.136 e.